The lowest BCUT2D eigenvalue weighted by Gasteiger charge is -2.14. The van der Waals surface area contributed by atoms with Crippen LogP contribution in [0.1, 0.15) is 34.1 Å². The number of fused-ring (bicyclic) bond motifs is 1. The van der Waals surface area contributed by atoms with Gasteiger partial charge in [0.2, 0.25) is 0 Å². The van der Waals surface area contributed by atoms with Gasteiger partial charge in [-0.25, -0.2) is 0 Å². The molecule has 1 aromatic carbocycles. The smallest absolute Gasteiger partial charge is 0.167 e. The number of carbonyl (C=O) groups excluding carboxylic acids is 1. The van der Waals surface area contributed by atoms with Gasteiger partial charge in [-0.2, -0.15) is 0 Å². The van der Waals surface area contributed by atoms with Crippen LogP contribution in [0.5, 0.6) is 5.75 Å². The summed E-state index contributed by atoms with van der Waals surface area (Å²) >= 11 is 0. The third kappa shape index (κ3) is 2.52. The highest BCUT2D eigenvalue weighted by atomic mass is 16.5. The Balaban J connectivity index is 2.37. The van der Waals surface area contributed by atoms with Crippen LogP contribution in [0.3, 0.4) is 0 Å². The standard InChI is InChI=1S/C20H21NO2/c1-5-23-20-15(4)9-13(2)10-17(20)16-11-18-14(3)7-6-8-21(18)19(16)12-22/h6-12H,5H2,1-4H3. The van der Waals surface area contributed by atoms with Crippen molar-refractivity contribution in [3.63, 3.8) is 0 Å². The summed E-state index contributed by atoms with van der Waals surface area (Å²) in [6.45, 7) is 8.74. The SMILES string of the molecule is CCOc1c(C)cc(C)cc1-c1cc2c(C)cccn2c1C=O. The van der Waals surface area contributed by atoms with E-state index in [4.69, 9.17) is 4.74 Å². The third-order valence-electron chi connectivity index (χ3n) is 4.17. The minimum Gasteiger partial charge on any atom is -0.493 e. The highest BCUT2D eigenvalue weighted by Gasteiger charge is 2.18. The Labute approximate surface area is 136 Å². The topological polar surface area (TPSA) is 30.7 Å². The summed E-state index contributed by atoms with van der Waals surface area (Å²) in [6, 6.07) is 10.3. The summed E-state index contributed by atoms with van der Waals surface area (Å²) < 4.78 is 7.83. The van der Waals surface area contributed by atoms with E-state index < -0.39 is 0 Å². The molecule has 118 valence electrons. The molecule has 23 heavy (non-hydrogen) atoms. The maximum absolute atomic E-state index is 11.8. The average Bonchev–Trinajstić information content (AvgIpc) is 2.89. The molecule has 0 radical (unpaired) electrons. The van der Waals surface area contributed by atoms with Gasteiger partial charge in [0.15, 0.2) is 6.29 Å². The number of aryl methyl sites for hydroxylation is 3. The number of pyridine rings is 1. The molecule has 2 aromatic heterocycles. The Morgan fingerprint density at radius 3 is 2.57 bits per heavy atom. The van der Waals surface area contributed by atoms with Crippen LogP contribution >= 0.6 is 0 Å². The Morgan fingerprint density at radius 2 is 1.87 bits per heavy atom. The summed E-state index contributed by atoms with van der Waals surface area (Å²) in [5, 5.41) is 0. The molecule has 3 rings (SSSR count). The molecule has 0 spiro atoms. The van der Waals surface area contributed by atoms with Crippen molar-refractivity contribution < 1.29 is 9.53 Å². The van der Waals surface area contributed by atoms with Crippen molar-refractivity contribution >= 4 is 11.8 Å². The fourth-order valence-electron chi connectivity index (χ4n) is 3.19. The zero-order chi connectivity index (χ0) is 16.6. The predicted molar refractivity (Wildman–Crippen MR) is 93.6 cm³/mol. The van der Waals surface area contributed by atoms with E-state index in [0.29, 0.717) is 12.3 Å². The molecule has 3 aromatic rings. The van der Waals surface area contributed by atoms with Crippen LogP contribution in [0.4, 0.5) is 0 Å². The maximum atomic E-state index is 11.8. The first-order valence-electron chi connectivity index (χ1n) is 7.87. The average molecular weight is 307 g/mol. The fraction of sp³-hybridized carbons (Fsp3) is 0.250. The number of hydrogen-bond acceptors (Lipinski definition) is 2. The van der Waals surface area contributed by atoms with Crippen LogP contribution in [0, 0.1) is 20.8 Å². The van der Waals surface area contributed by atoms with Gasteiger partial charge in [0, 0.05) is 22.8 Å². The van der Waals surface area contributed by atoms with E-state index in [-0.39, 0.29) is 0 Å². The highest BCUT2D eigenvalue weighted by molar-refractivity contribution is 5.92. The van der Waals surface area contributed by atoms with E-state index in [2.05, 4.69) is 38.1 Å². The van der Waals surface area contributed by atoms with Crippen molar-refractivity contribution in [3.8, 4) is 16.9 Å². The van der Waals surface area contributed by atoms with Gasteiger partial charge in [-0.15, -0.1) is 0 Å². The molecule has 0 unspecified atom stereocenters. The first kappa shape index (κ1) is 15.3. The second kappa shape index (κ2) is 5.92. The fourth-order valence-corrected chi connectivity index (χ4v) is 3.19. The highest BCUT2D eigenvalue weighted by Crippen LogP contribution is 2.37. The van der Waals surface area contributed by atoms with Crippen LogP contribution in [0.25, 0.3) is 16.6 Å². The van der Waals surface area contributed by atoms with E-state index in [1.807, 2.05) is 30.5 Å². The van der Waals surface area contributed by atoms with Gasteiger partial charge in [0.1, 0.15) is 5.75 Å². The Kier molecular flexibility index (Phi) is 3.95. The molecule has 2 heterocycles. The molecule has 0 aliphatic heterocycles. The molecule has 0 aliphatic carbocycles. The van der Waals surface area contributed by atoms with Crippen molar-refractivity contribution in [3.05, 3.63) is 58.9 Å². The number of aldehydes is 1. The zero-order valence-corrected chi connectivity index (χ0v) is 14.0. The molecule has 0 aliphatic rings. The molecule has 0 amide bonds. The molecule has 0 atom stereocenters. The number of nitrogens with zero attached hydrogens (tertiary/aromatic N) is 1. The molecular weight excluding hydrogens is 286 g/mol. The predicted octanol–water partition coefficient (Wildman–Crippen LogP) is 4.74. The van der Waals surface area contributed by atoms with Gasteiger partial charge in [-0.3, -0.25) is 4.79 Å². The van der Waals surface area contributed by atoms with Crippen LogP contribution in [0.2, 0.25) is 0 Å². The number of benzene rings is 1. The van der Waals surface area contributed by atoms with E-state index in [0.717, 1.165) is 45.4 Å². The number of hydrogen-bond donors (Lipinski definition) is 0. The lowest BCUT2D eigenvalue weighted by atomic mass is 9.99. The number of carbonyl (C=O) groups is 1. The van der Waals surface area contributed by atoms with Gasteiger partial charge < -0.3 is 9.14 Å². The van der Waals surface area contributed by atoms with Crippen LogP contribution < -0.4 is 4.74 Å². The maximum Gasteiger partial charge on any atom is 0.167 e. The Hall–Kier alpha value is -2.55. The van der Waals surface area contributed by atoms with Crippen molar-refractivity contribution in [1.82, 2.24) is 4.40 Å². The lowest BCUT2D eigenvalue weighted by Crippen LogP contribution is -1.99. The Morgan fingerprint density at radius 1 is 1.09 bits per heavy atom. The van der Waals surface area contributed by atoms with E-state index in [1.165, 1.54) is 0 Å². The molecule has 0 saturated carbocycles. The summed E-state index contributed by atoms with van der Waals surface area (Å²) in [4.78, 5) is 11.8. The second-order valence-corrected chi connectivity index (χ2v) is 5.90. The van der Waals surface area contributed by atoms with Gasteiger partial charge in [0.25, 0.3) is 0 Å². The molecule has 0 saturated heterocycles. The molecular formula is C20H21NO2. The number of rotatable bonds is 4. The summed E-state index contributed by atoms with van der Waals surface area (Å²) in [6.07, 6.45) is 2.85. The van der Waals surface area contributed by atoms with Gasteiger partial charge in [0.05, 0.1) is 12.3 Å². The lowest BCUT2D eigenvalue weighted by molar-refractivity contribution is 0.111. The van der Waals surface area contributed by atoms with Crippen LogP contribution in [0.15, 0.2) is 36.5 Å². The monoisotopic (exact) mass is 307 g/mol. The van der Waals surface area contributed by atoms with E-state index >= 15 is 0 Å². The van der Waals surface area contributed by atoms with Crippen molar-refractivity contribution in [1.29, 1.82) is 0 Å². The van der Waals surface area contributed by atoms with Crippen molar-refractivity contribution in [2.24, 2.45) is 0 Å². The first-order chi connectivity index (χ1) is 11.1. The van der Waals surface area contributed by atoms with Gasteiger partial charge in [-0.1, -0.05) is 12.1 Å². The molecule has 0 N–H and O–H groups in total. The minimum atomic E-state index is 0.597. The summed E-state index contributed by atoms with van der Waals surface area (Å²) in [5.41, 5.74) is 7.00. The molecule has 3 heteroatoms. The van der Waals surface area contributed by atoms with E-state index in [9.17, 15) is 4.79 Å². The van der Waals surface area contributed by atoms with Crippen molar-refractivity contribution in [2.75, 3.05) is 6.61 Å². The largest absolute Gasteiger partial charge is 0.493 e. The normalized spacial score (nSPS) is 11.0. The molecule has 0 fully saturated rings. The van der Waals surface area contributed by atoms with Crippen LogP contribution in [-0.2, 0) is 0 Å². The van der Waals surface area contributed by atoms with Crippen molar-refractivity contribution in [2.45, 2.75) is 27.7 Å². The minimum absolute atomic E-state index is 0.597. The Bertz CT molecular complexity index is 890. The van der Waals surface area contributed by atoms with Gasteiger partial charge >= 0.3 is 0 Å². The first-order valence-corrected chi connectivity index (χ1v) is 7.87. The number of aromatic nitrogens is 1. The zero-order valence-electron chi connectivity index (χ0n) is 14.0. The van der Waals surface area contributed by atoms with Crippen LogP contribution in [-0.4, -0.2) is 17.3 Å². The quantitative estimate of drug-likeness (QED) is 0.652. The summed E-state index contributed by atoms with van der Waals surface area (Å²) in [5.74, 6) is 0.856. The third-order valence-corrected chi connectivity index (χ3v) is 4.17. The van der Waals surface area contributed by atoms with Gasteiger partial charge in [-0.05, 0) is 62.6 Å². The molecule has 0 bridgehead atoms. The second-order valence-electron chi connectivity index (χ2n) is 5.90. The molecule has 3 nitrogen and oxygen atoms in total. The number of ether oxygens (including phenoxy) is 1. The van der Waals surface area contributed by atoms with E-state index in [1.54, 1.807) is 0 Å². The summed E-state index contributed by atoms with van der Waals surface area (Å²) in [7, 11) is 0.